The number of aliphatic imine (C=N–C) groups is 1. The molecule has 0 spiro atoms. The Balaban J connectivity index is 1.59. The van der Waals surface area contributed by atoms with Crippen LogP contribution in [0.2, 0.25) is 0 Å². The Bertz CT molecular complexity index is 782. The second kappa shape index (κ2) is 7.76. The number of likely N-dealkylation sites (tertiary alicyclic amines) is 1. The van der Waals surface area contributed by atoms with Crippen LogP contribution in [0.3, 0.4) is 0 Å². The van der Waals surface area contributed by atoms with Gasteiger partial charge in [0, 0.05) is 59.9 Å². The van der Waals surface area contributed by atoms with Gasteiger partial charge in [-0.3, -0.25) is 9.67 Å². The third-order valence-corrected chi connectivity index (χ3v) is 4.84. The molecule has 1 saturated heterocycles. The summed E-state index contributed by atoms with van der Waals surface area (Å²) in [6.45, 7) is 2.41. The van der Waals surface area contributed by atoms with Crippen LogP contribution in [0, 0.1) is 5.82 Å². The first kappa shape index (κ1) is 18.2. The molecular formula is C19H27FN6. The molecule has 0 radical (unpaired) electrons. The first-order chi connectivity index (χ1) is 12.5. The van der Waals surface area contributed by atoms with Crippen LogP contribution >= 0.6 is 0 Å². The van der Waals surface area contributed by atoms with Gasteiger partial charge < -0.3 is 15.1 Å². The highest BCUT2D eigenvalue weighted by Gasteiger charge is 2.26. The molecule has 3 rings (SSSR count). The third-order valence-electron chi connectivity index (χ3n) is 4.84. The Hall–Kier alpha value is -2.57. The fourth-order valence-electron chi connectivity index (χ4n) is 3.41. The van der Waals surface area contributed by atoms with Crippen LogP contribution in [0.5, 0.6) is 0 Å². The summed E-state index contributed by atoms with van der Waals surface area (Å²) in [5, 5.41) is 7.62. The summed E-state index contributed by atoms with van der Waals surface area (Å²) < 4.78 is 16.0. The van der Waals surface area contributed by atoms with Crippen molar-refractivity contribution >= 4 is 11.6 Å². The van der Waals surface area contributed by atoms with E-state index in [1.54, 1.807) is 18.0 Å². The average molecular weight is 358 g/mol. The first-order valence-electron chi connectivity index (χ1n) is 8.88. The van der Waals surface area contributed by atoms with Crippen LogP contribution in [0.1, 0.15) is 23.5 Å². The van der Waals surface area contributed by atoms with E-state index in [1.807, 2.05) is 44.2 Å². The summed E-state index contributed by atoms with van der Waals surface area (Å²) >= 11 is 0. The molecule has 0 bridgehead atoms. The molecule has 1 unspecified atom stereocenters. The standard InChI is InChI=1S/C19H27FN6/c1-21-19(22-10-14-5-6-18(24(2)3)17(20)9-14)26-8-7-15(13-26)16-11-23-25(4)12-16/h5-6,9,11-12,15H,7-8,10,13H2,1-4H3,(H,21,22). The van der Waals surface area contributed by atoms with Gasteiger partial charge in [0.05, 0.1) is 11.9 Å². The van der Waals surface area contributed by atoms with E-state index in [4.69, 9.17) is 0 Å². The number of nitrogens with zero attached hydrogens (tertiary/aromatic N) is 5. The summed E-state index contributed by atoms with van der Waals surface area (Å²) in [7, 11) is 7.40. The lowest BCUT2D eigenvalue weighted by Crippen LogP contribution is -2.39. The van der Waals surface area contributed by atoms with Gasteiger partial charge in [0.15, 0.2) is 5.96 Å². The van der Waals surface area contributed by atoms with Gasteiger partial charge in [0.25, 0.3) is 0 Å². The van der Waals surface area contributed by atoms with E-state index in [1.165, 1.54) is 5.56 Å². The van der Waals surface area contributed by atoms with Gasteiger partial charge in [-0.2, -0.15) is 5.10 Å². The molecule has 2 aromatic rings. The number of guanidine groups is 1. The molecule has 0 saturated carbocycles. The molecule has 26 heavy (non-hydrogen) atoms. The van der Waals surface area contributed by atoms with Crippen molar-refractivity contribution < 1.29 is 4.39 Å². The minimum Gasteiger partial charge on any atom is -0.375 e. The number of anilines is 1. The number of halogens is 1. The summed E-state index contributed by atoms with van der Waals surface area (Å²) in [6, 6.07) is 5.34. The number of aryl methyl sites for hydroxylation is 1. The molecule has 2 heterocycles. The Labute approximate surface area is 154 Å². The summed E-state index contributed by atoms with van der Waals surface area (Å²) in [6.07, 6.45) is 5.11. The van der Waals surface area contributed by atoms with Gasteiger partial charge in [-0.15, -0.1) is 0 Å². The van der Waals surface area contributed by atoms with Crippen molar-refractivity contribution in [1.29, 1.82) is 0 Å². The van der Waals surface area contributed by atoms with Crippen LogP contribution in [0.4, 0.5) is 10.1 Å². The number of nitrogens with one attached hydrogen (secondary N) is 1. The normalized spacial score (nSPS) is 17.7. The number of benzene rings is 1. The zero-order chi connectivity index (χ0) is 18.7. The Morgan fingerprint density at radius 2 is 2.23 bits per heavy atom. The number of hydrogen-bond donors (Lipinski definition) is 1. The van der Waals surface area contributed by atoms with Gasteiger partial charge in [0.2, 0.25) is 0 Å². The third kappa shape index (κ3) is 3.98. The first-order valence-corrected chi connectivity index (χ1v) is 8.88. The van der Waals surface area contributed by atoms with E-state index < -0.39 is 0 Å². The predicted octanol–water partition coefficient (Wildman–Crippen LogP) is 2.19. The van der Waals surface area contributed by atoms with E-state index in [-0.39, 0.29) is 5.82 Å². The summed E-state index contributed by atoms with van der Waals surface area (Å²) in [4.78, 5) is 8.42. The van der Waals surface area contributed by atoms with Crippen LogP contribution in [0.25, 0.3) is 0 Å². The van der Waals surface area contributed by atoms with E-state index in [0.29, 0.717) is 18.2 Å². The minimum absolute atomic E-state index is 0.206. The molecule has 1 aliphatic heterocycles. The van der Waals surface area contributed by atoms with Crippen LogP contribution in [-0.2, 0) is 13.6 Å². The molecule has 1 atom stereocenters. The van der Waals surface area contributed by atoms with Gasteiger partial charge in [-0.05, 0) is 29.7 Å². The molecule has 1 aliphatic rings. The Morgan fingerprint density at radius 3 is 2.85 bits per heavy atom. The van der Waals surface area contributed by atoms with Gasteiger partial charge in [-0.25, -0.2) is 4.39 Å². The molecule has 0 amide bonds. The smallest absolute Gasteiger partial charge is 0.193 e. The SMILES string of the molecule is CN=C(NCc1ccc(N(C)C)c(F)c1)N1CCC(c2cnn(C)c2)C1. The number of aromatic nitrogens is 2. The van der Waals surface area contributed by atoms with Gasteiger partial charge in [-0.1, -0.05) is 6.07 Å². The molecular weight excluding hydrogens is 331 g/mol. The molecule has 1 aromatic heterocycles. The van der Waals surface area contributed by atoms with E-state index in [0.717, 1.165) is 31.0 Å². The lowest BCUT2D eigenvalue weighted by atomic mass is 10.0. The quantitative estimate of drug-likeness (QED) is 0.672. The molecule has 1 aromatic carbocycles. The topological polar surface area (TPSA) is 48.7 Å². The molecule has 7 heteroatoms. The molecule has 1 fully saturated rings. The Kier molecular flexibility index (Phi) is 5.44. The zero-order valence-corrected chi connectivity index (χ0v) is 15.9. The average Bonchev–Trinajstić information content (AvgIpc) is 3.24. The summed E-state index contributed by atoms with van der Waals surface area (Å²) in [5.74, 6) is 1.12. The largest absolute Gasteiger partial charge is 0.375 e. The van der Waals surface area contributed by atoms with Crippen molar-refractivity contribution in [1.82, 2.24) is 20.0 Å². The van der Waals surface area contributed by atoms with Crippen LogP contribution in [0.15, 0.2) is 35.6 Å². The highest BCUT2D eigenvalue weighted by molar-refractivity contribution is 5.80. The number of hydrogen-bond acceptors (Lipinski definition) is 3. The van der Waals surface area contributed by atoms with Crippen LogP contribution < -0.4 is 10.2 Å². The van der Waals surface area contributed by atoms with Gasteiger partial charge >= 0.3 is 0 Å². The van der Waals surface area contributed by atoms with Crippen molar-refractivity contribution in [2.24, 2.45) is 12.0 Å². The fraction of sp³-hybridized carbons (Fsp3) is 0.474. The van der Waals surface area contributed by atoms with Crippen molar-refractivity contribution in [3.63, 3.8) is 0 Å². The second-order valence-corrected chi connectivity index (χ2v) is 6.96. The van der Waals surface area contributed by atoms with Crippen molar-refractivity contribution in [2.45, 2.75) is 18.9 Å². The highest BCUT2D eigenvalue weighted by atomic mass is 19.1. The molecule has 0 aliphatic carbocycles. The highest BCUT2D eigenvalue weighted by Crippen LogP contribution is 2.26. The van der Waals surface area contributed by atoms with Crippen LogP contribution in [-0.4, -0.2) is 54.9 Å². The van der Waals surface area contributed by atoms with Crippen molar-refractivity contribution in [2.75, 3.05) is 39.1 Å². The number of rotatable bonds is 4. The monoisotopic (exact) mass is 358 g/mol. The fourth-order valence-corrected chi connectivity index (χ4v) is 3.41. The van der Waals surface area contributed by atoms with Crippen molar-refractivity contribution in [3.8, 4) is 0 Å². The Morgan fingerprint density at radius 1 is 1.42 bits per heavy atom. The minimum atomic E-state index is -0.206. The molecule has 140 valence electrons. The van der Waals surface area contributed by atoms with E-state index >= 15 is 0 Å². The maximum absolute atomic E-state index is 14.1. The van der Waals surface area contributed by atoms with E-state index in [9.17, 15) is 4.39 Å². The van der Waals surface area contributed by atoms with Crippen molar-refractivity contribution in [3.05, 3.63) is 47.5 Å². The maximum Gasteiger partial charge on any atom is 0.193 e. The lowest BCUT2D eigenvalue weighted by molar-refractivity contribution is 0.485. The molecule has 1 N–H and O–H groups in total. The zero-order valence-electron chi connectivity index (χ0n) is 15.9. The predicted molar refractivity (Wildman–Crippen MR) is 103 cm³/mol. The van der Waals surface area contributed by atoms with Gasteiger partial charge in [0.1, 0.15) is 5.82 Å². The second-order valence-electron chi connectivity index (χ2n) is 6.96. The maximum atomic E-state index is 14.1. The molecule has 6 nitrogen and oxygen atoms in total. The van der Waals surface area contributed by atoms with E-state index in [2.05, 4.69) is 26.5 Å². The summed E-state index contributed by atoms with van der Waals surface area (Å²) in [5.41, 5.74) is 2.76. The lowest BCUT2D eigenvalue weighted by Gasteiger charge is -2.22.